The number of amides is 1. The average Bonchev–Trinajstić information content (AvgIpc) is 2.76. The molecular formula is C12H12BrN3O. The van der Waals surface area contributed by atoms with Crippen LogP contribution in [0.2, 0.25) is 0 Å². The van der Waals surface area contributed by atoms with Gasteiger partial charge in [-0.05, 0) is 23.8 Å². The summed E-state index contributed by atoms with van der Waals surface area (Å²) in [5.41, 5.74) is 2.49. The highest BCUT2D eigenvalue weighted by Gasteiger charge is 2.09. The minimum Gasteiger partial charge on any atom is -0.321 e. The first-order valence-electron chi connectivity index (χ1n) is 5.15. The van der Waals surface area contributed by atoms with Crippen LogP contribution in [0, 0.1) is 0 Å². The van der Waals surface area contributed by atoms with E-state index in [1.807, 2.05) is 24.3 Å². The molecule has 0 aliphatic heterocycles. The van der Waals surface area contributed by atoms with E-state index in [4.69, 9.17) is 0 Å². The highest BCUT2D eigenvalue weighted by Crippen LogP contribution is 2.12. The number of nitrogens with zero attached hydrogens (tertiary/aromatic N) is 2. The summed E-state index contributed by atoms with van der Waals surface area (Å²) in [6.07, 6.45) is 1.60. The molecule has 0 radical (unpaired) electrons. The Kier molecular flexibility index (Phi) is 3.58. The maximum absolute atomic E-state index is 11.9. The molecule has 1 aromatic carbocycles. The van der Waals surface area contributed by atoms with Gasteiger partial charge < -0.3 is 5.32 Å². The van der Waals surface area contributed by atoms with Gasteiger partial charge in [0, 0.05) is 24.3 Å². The largest absolute Gasteiger partial charge is 0.321 e. The normalized spacial score (nSPS) is 10.2. The van der Waals surface area contributed by atoms with E-state index >= 15 is 0 Å². The first-order chi connectivity index (χ1) is 8.20. The van der Waals surface area contributed by atoms with Gasteiger partial charge in [-0.25, -0.2) is 0 Å². The van der Waals surface area contributed by atoms with Gasteiger partial charge in [-0.3, -0.25) is 9.48 Å². The maximum Gasteiger partial charge on any atom is 0.273 e. The van der Waals surface area contributed by atoms with Crippen LogP contribution in [0.3, 0.4) is 0 Å². The number of nitrogens with one attached hydrogen (secondary N) is 1. The molecule has 2 aromatic rings. The van der Waals surface area contributed by atoms with Crippen LogP contribution in [-0.4, -0.2) is 15.7 Å². The summed E-state index contributed by atoms with van der Waals surface area (Å²) >= 11 is 3.37. The second-order valence-electron chi connectivity index (χ2n) is 3.62. The first kappa shape index (κ1) is 11.9. The Labute approximate surface area is 108 Å². The van der Waals surface area contributed by atoms with Crippen molar-refractivity contribution >= 4 is 27.5 Å². The lowest BCUT2D eigenvalue weighted by Crippen LogP contribution is -2.15. The van der Waals surface area contributed by atoms with Crippen LogP contribution in [-0.2, 0) is 12.4 Å². The third-order valence-electron chi connectivity index (χ3n) is 2.42. The smallest absolute Gasteiger partial charge is 0.273 e. The van der Waals surface area contributed by atoms with Crippen molar-refractivity contribution in [1.82, 2.24) is 9.78 Å². The molecule has 0 fully saturated rings. The molecule has 0 unspecified atom stereocenters. The molecule has 0 aliphatic carbocycles. The number of carbonyl (C=O) groups is 1. The van der Waals surface area contributed by atoms with E-state index in [2.05, 4.69) is 26.3 Å². The van der Waals surface area contributed by atoms with E-state index in [0.29, 0.717) is 5.69 Å². The fraction of sp³-hybridized carbons (Fsp3) is 0.167. The van der Waals surface area contributed by atoms with Gasteiger partial charge in [0.2, 0.25) is 0 Å². The number of hydrogen-bond donors (Lipinski definition) is 1. The Hall–Kier alpha value is -1.62. The summed E-state index contributed by atoms with van der Waals surface area (Å²) in [7, 11) is 1.74. The number of halogens is 1. The van der Waals surface area contributed by atoms with Gasteiger partial charge in [-0.15, -0.1) is 0 Å². The van der Waals surface area contributed by atoms with Crippen molar-refractivity contribution < 1.29 is 4.79 Å². The molecule has 1 amide bonds. The van der Waals surface area contributed by atoms with Crippen molar-refractivity contribution in [2.75, 3.05) is 5.32 Å². The van der Waals surface area contributed by atoms with Crippen molar-refractivity contribution in [2.24, 2.45) is 7.05 Å². The van der Waals surface area contributed by atoms with E-state index in [1.54, 1.807) is 24.0 Å². The summed E-state index contributed by atoms with van der Waals surface area (Å²) in [6, 6.07) is 9.37. The van der Waals surface area contributed by atoms with Gasteiger partial charge >= 0.3 is 0 Å². The molecule has 0 bridgehead atoms. The van der Waals surface area contributed by atoms with Gasteiger partial charge in [-0.2, -0.15) is 5.10 Å². The van der Waals surface area contributed by atoms with Gasteiger partial charge in [0.05, 0.1) is 0 Å². The van der Waals surface area contributed by atoms with Gasteiger partial charge in [0.25, 0.3) is 5.91 Å². The Morgan fingerprint density at radius 3 is 2.59 bits per heavy atom. The zero-order valence-corrected chi connectivity index (χ0v) is 10.9. The van der Waals surface area contributed by atoms with E-state index in [0.717, 1.165) is 11.0 Å². The Morgan fingerprint density at radius 1 is 1.35 bits per heavy atom. The number of alkyl halides is 1. The third kappa shape index (κ3) is 2.74. The van der Waals surface area contributed by atoms with Crippen LogP contribution in [0.15, 0.2) is 36.5 Å². The molecule has 1 N–H and O–H groups in total. The maximum atomic E-state index is 11.9. The molecular weight excluding hydrogens is 282 g/mol. The quantitative estimate of drug-likeness (QED) is 0.884. The van der Waals surface area contributed by atoms with Crippen molar-refractivity contribution in [3.8, 4) is 0 Å². The lowest BCUT2D eigenvalue weighted by molar-refractivity contribution is 0.101. The zero-order chi connectivity index (χ0) is 12.3. The molecule has 0 saturated heterocycles. The second-order valence-corrected chi connectivity index (χ2v) is 4.19. The molecule has 0 aliphatic rings. The van der Waals surface area contributed by atoms with Crippen molar-refractivity contribution in [1.29, 1.82) is 0 Å². The fourth-order valence-corrected chi connectivity index (χ4v) is 1.84. The minimum atomic E-state index is -0.156. The summed E-state index contributed by atoms with van der Waals surface area (Å²) in [6.45, 7) is 0. The van der Waals surface area contributed by atoms with Crippen LogP contribution in [0.4, 0.5) is 5.69 Å². The van der Waals surface area contributed by atoms with E-state index in [9.17, 15) is 4.79 Å². The number of anilines is 1. The number of hydrogen-bond acceptors (Lipinski definition) is 2. The molecule has 2 rings (SSSR count). The topological polar surface area (TPSA) is 46.9 Å². The van der Waals surface area contributed by atoms with Crippen LogP contribution in [0.5, 0.6) is 0 Å². The second kappa shape index (κ2) is 5.14. The lowest BCUT2D eigenvalue weighted by atomic mass is 10.2. The van der Waals surface area contributed by atoms with E-state index in [-0.39, 0.29) is 5.91 Å². The summed E-state index contributed by atoms with van der Waals surface area (Å²) in [4.78, 5) is 11.9. The van der Waals surface area contributed by atoms with Gasteiger partial charge in [0.15, 0.2) is 0 Å². The van der Waals surface area contributed by atoms with E-state index in [1.165, 1.54) is 5.56 Å². The SMILES string of the molecule is Cn1nccc1C(=O)Nc1ccc(CBr)cc1. The number of aromatic nitrogens is 2. The fourth-order valence-electron chi connectivity index (χ4n) is 1.47. The molecule has 4 nitrogen and oxygen atoms in total. The molecule has 0 saturated carbocycles. The number of benzene rings is 1. The standard InChI is InChI=1S/C12H12BrN3O/c1-16-11(6-7-14-16)12(17)15-10-4-2-9(8-13)3-5-10/h2-7H,8H2,1H3,(H,15,17). The van der Waals surface area contributed by atoms with Crippen molar-refractivity contribution in [3.63, 3.8) is 0 Å². The Bertz CT molecular complexity index is 519. The van der Waals surface area contributed by atoms with Crippen molar-refractivity contribution in [3.05, 3.63) is 47.8 Å². The molecule has 17 heavy (non-hydrogen) atoms. The van der Waals surface area contributed by atoms with Crippen LogP contribution < -0.4 is 5.32 Å². The number of rotatable bonds is 3. The van der Waals surface area contributed by atoms with E-state index < -0.39 is 0 Å². The predicted octanol–water partition coefficient (Wildman–Crippen LogP) is 2.57. The highest BCUT2D eigenvalue weighted by atomic mass is 79.9. The molecule has 1 heterocycles. The molecule has 0 spiro atoms. The molecule has 0 atom stereocenters. The number of aryl methyl sites for hydroxylation is 1. The average molecular weight is 294 g/mol. The molecule has 5 heteroatoms. The Balaban J connectivity index is 2.10. The monoisotopic (exact) mass is 293 g/mol. The first-order valence-corrected chi connectivity index (χ1v) is 6.27. The number of carbonyl (C=O) groups excluding carboxylic acids is 1. The summed E-state index contributed by atoms with van der Waals surface area (Å²) in [5, 5.41) is 7.59. The van der Waals surface area contributed by atoms with Crippen LogP contribution >= 0.6 is 15.9 Å². The van der Waals surface area contributed by atoms with Crippen molar-refractivity contribution in [2.45, 2.75) is 5.33 Å². The third-order valence-corrected chi connectivity index (χ3v) is 3.07. The van der Waals surface area contributed by atoms with Crippen LogP contribution in [0.25, 0.3) is 0 Å². The summed E-state index contributed by atoms with van der Waals surface area (Å²) < 4.78 is 1.54. The zero-order valence-electron chi connectivity index (χ0n) is 9.35. The minimum absolute atomic E-state index is 0.156. The molecule has 88 valence electrons. The lowest BCUT2D eigenvalue weighted by Gasteiger charge is -2.05. The summed E-state index contributed by atoms with van der Waals surface area (Å²) in [5.74, 6) is -0.156. The van der Waals surface area contributed by atoms with Gasteiger partial charge in [-0.1, -0.05) is 28.1 Å². The molecule has 1 aromatic heterocycles. The van der Waals surface area contributed by atoms with Crippen LogP contribution in [0.1, 0.15) is 16.1 Å². The van der Waals surface area contributed by atoms with Gasteiger partial charge in [0.1, 0.15) is 5.69 Å². The Morgan fingerprint density at radius 2 is 2.06 bits per heavy atom. The highest BCUT2D eigenvalue weighted by molar-refractivity contribution is 9.08. The predicted molar refractivity (Wildman–Crippen MR) is 70.2 cm³/mol.